The van der Waals surface area contributed by atoms with E-state index in [0.29, 0.717) is 6.54 Å². The Labute approximate surface area is 132 Å². The molecule has 0 aromatic heterocycles. The Hall–Kier alpha value is -1.15. The minimum absolute atomic E-state index is 0.130. The Bertz CT molecular complexity index is 479. The summed E-state index contributed by atoms with van der Waals surface area (Å²) >= 11 is 2.17. The van der Waals surface area contributed by atoms with Gasteiger partial charge in [-0.05, 0) is 60.7 Å². The second kappa shape index (κ2) is 8.21. The number of anilines is 1. The minimum Gasteiger partial charge on any atom is -0.480 e. The van der Waals surface area contributed by atoms with Gasteiger partial charge in [-0.1, -0.05) is 13.0 Å². The van der Waals surface area contributed by atoms with E-state index in [2.05, 4.69) is 27.9 Å². The fourth-order valence-electron chi connectivity index (χ4n) is 1.85. The first kappa shape index (κ1) is 16.9. The Morgan fingerprint density at radius 2 is 2.15 bits per heavy atom. The Balaban J connectivity index is 2.70. The lowest BCUT2D eigenvalue weighted by Gasteiger charge is -2.26. The fraction of sp³-hybridized carbons (Fsp3) is 0.429. The smallest absolute Gasteiger partial charge is 0.317 e. The summed E-state index contributed by atoms with van der Waals surface area (Å²) in [6.07, 6.45) is 0.800. The first-order valence-corrected chi connectivity index (χ1v) is 7.54. The third kappa shape index (κ3) is 5.46. The van der Waals surface area contributed by atoms with Crippen LogP contribution in [-0.2, 0) is 9.59 Å². The van der Waals surface area contributed by atoms with E-state index >= 15 is 0 Å². The second-order valence-electron chi connectivity index (χ2n) is 4.54. The summed E-state index contributed by atoms with van der Waals surface area (Å²) in [5.41, 5.74) is 0.723. The van der Waals surface area contributed by atoms with E-state index in [1.165, 1.54) is 0 Å². The lowest BCUT2D eigenvalue weighted by atomic mass is 10.2. The van der Waals surface area contributed by atoms with Gasteiger partial charge in [-0.3, -0.25) is 14.5 Å². The number of carboxylic acids is 1. The maximum absolute atomic E-state index is 12.2. The van der Waals surface area contributed by atoms with Crippen LogP contribution in [0.4, 0.5) is 5.69 Å². The highest BCUT2D eigenvalue weighted by Crippen LogP contribution is 2.13. The second-order valence-corrected chi connectivity index (χ2v) is 5.79. The summed E-state index contributed by atoms with van der Waals surface area (Å²) in [5.74, 6) is -1.12. The van der Waals surface area contributed by atoms with E-state index in [4.69, 9.17) is 5.11 Å². The summed E-state index contributed by atoms with van der Waals surface area (Å²) < 4.78 is 1.03. The standard InChI is InChI=1S/C14H19IN2O3/c1-3-7-17(9-13(18)19)10(2)14(20)16-12-6-4-5-11(15)8-12/h4-6,8,10H,3,7,9H2,1-2H3,(H,16,20)(H,18,19). The van der Waals surface area contributed by atoms with Crippen molar-refractivity contribution in [2.24, 2.45) is 0 Å². The van der Waals surface area contributed by atoms with Crippen LogP contribution in [0.15, 0.2) is 24.3 Å². The average molecular weight is 390 g/mol. The molecule has 0 aliphatic carbocycles. The van der Waals surface area contributed by atoms with Crippen LogP contribution >= 0.6 is 22.6 Å². The number of amides is 1. The number of halogens is 1. The van der Waals surface area contributed by atoms with Gasteiger partial charge in [-0.15, -0.1) is 0 Å². The number of carboxylic acid groups (broad SMARTS) is 1. The van der Waals surface area contributed by atoms with Gasteiger partial charge in [0.15, 0.2) is 0 Å². The molecule has 0 bridgehead atoms. The minimum atomic E-state index is -0.924. The molecule has 0 spiro atoms. The molecule has 1 unspecified atom stereocenters. The van der Waals surface area contributed by atoms with Crippen molar-refractivity contribution in [2.45, 2.75) is 26.3 Å². The molecule has 20 heavy (non-hydrogen) atoms. The number of rotatable bonds is 7. The zero-order valence-electron chi connectivity index (χ0n) is 11.6. The molecule has 0 aliphatic heterocycles. The lowest BCUT2D eigenvalue weighted by Crippen LogP contribution is -2.44. The lowest BCUT2D eigenvalue weighted by molar-refractivity contribution is -0.139. The molecule has 1 aromatic rings. The number of aliphatic carboxylic acids is 1. The molecule has 1 rings (SSSR count). The van der Waals surface area contributed by atoms with Gasteiger partial charge in [0.25, 0.3) is 0 Å². The number of hydrogen-bond acceptors (Lipinski definition) is 3. The van der Waals surface area contributed by atoms with Crippen molar-refractivity contribution in [2.75, 3.05) is 18.4 Å². The highest BCUT2D eigenvalue weighted by Gasteiger charge is 2.22. The van der Waals surface area contributed by atoms with Gasteiger partial charge in [-0.25, -0.2) is 0 Å². The van der Waals surface area contributed by atoms with Crippen molar-refractivity contribution in [3.05, 3.63) is 27.8 Å². The van der Waals surface area contributed by atoms with Crippen LogP contribution in [0.1, 0.15) is 20.3 Å². The van der Waals surface area contributed by atoms with Crippen LogP contribution in [0, 0.1) is 3.57 Å². The molecular formula is C14H19IN2O3. The third-order valence-corrected chi connectivity index (χ3v) is 3.54. The maximum atomic E-state index is 12.2. The van der Waals surface area contributed by atoms with Gasteiger partial charge in [-0.2, -0.15) is 0 Å². The molecule has 0 aliphatic rings. The molecule has 0 heterocycles. The number of nitrogens with one attached hydrogen (secondary N) is 1. The summed E-state index contributed by atoms with van der Waals surface area (Å²) in [6, 6.07) is 7.00. The Morgan fingerprint density at radius 3 is 2.70 bits per heavy atom. The van der Waals surface area contributed by atoms with E-state index < -0.39 is 12.0 Å². The monoisotopic (exact) mass is 390 g/mol. The summed E-state index contributed by atoms with van der Waals surface area (Å²) in [5, 5.41) is 11.7. The molecule has 0 saturated heterocycles. The van der Waals surface area contributed by atoms with E-state index in [0.717, 1.165) is 15.7 Å². The van der Waals surface area contributed by atoms with Crippen LogP contribution in [0.2, 0.25) is 0 Å². The number of carbonyl (C=O) groups is 2. The van der Waals surface area contributed by atoms with Gasteiger partial charge in [0.05, 0.1) is 12.6 Å². The van der Waals surface area contributed by atoms with Gasteiger partial charge in [0.1, 0.15) is 0 Å². The van der Waals surface area contributed by atoms with Crippen molar-refractivity contribution in [3.63, 3.8) is 0 Å². The number of nitrogens with zero attached hydrogens (tertiary/aromatic N) is 1. The molecule has 2 N–H and O–H groups in total. The van der Waals surface area contributed by atoms with Crippen molar-refractivity contribution in [1.29, 1.82) is 0 Å². The third-order valence-electron chi connectivity index (χ3n) is 2.87. The first-order valence-electron chi connectivity index (χ1n) is 6.46. The van der Waals surface area contributed by atoms with Crippen LogP contribution in [0.5, 0.6) is 0 Å². The van der Waals surface area contributed by atoms with Crippen molar-refractivity contribution >= 4 is 40.2 Å². The van der Waals surface area contributed by atoms with Crippen molar-refractivity contribution in [3.8, 4) is 0 Å². The summed E-state index contributed by atoms with van der Waals surface area (Å²) in [7, 11) is 0. The quantitative estimate of drug-likeness (QED) is 0.702. The van der Waals surface area contributed by atoms with Crippen LogP contribution in [0.3, 0.4) is 0 Å². The number of benzene rings is 1. The first-order chi connectivity index (χ1) is 9.43. The van der Waals surface area contributed by atoms with Crippen molar-refractivity contribution < 1.29 is 14.7 Å². The van der Waals surface area contributed by atoms with Gasteiger partial charge in [0, 0.05) is 9.26 Å². The van der Waals surface area contributed by atoms with Crippen molar-refractivity contribution in [1.82, 2.24) is 4.90 Å². The molecule has 5 nitrogen and oxygen atoms in total. The van der Waals surface area contributed by atoms with Crippen LogP contribution in [0.25, 0.3) is 0 Å². The molecular weight excluding hydrogens is 371 g/mol. The predicted octanol–water partition coefficient (Wildman–Crippen LogP) is 2.41. The predicted molar refractivity (Wildman–Crippen MR) is 86.8 cm³/mol. The largest absolute Gasteiger partial charge is 0.480 e. The molecule has 0 saturated carbocycles. The van der Waals surface area contributed by atoms with Gasteiger partial charge >= 0.3 is 5.97 Å². The highest BCUT2D eigenvalue weighted by molar-refractivity contribution is 14.1. The number of carbonyl (C=O) groups excluding carboxylic acids is 1. The van der Waals surface area contributed by atoms with Crippen LogP contribution in [-0.4, -0.2) is 41.0 Å². The fourth-order valence-corrected chi connectivity index (χ4v) is 2.39. The zero-order chi connectivity index (χ0) is 15.1. The molecule has 0 fully saturated rings. The van der Waals surface area contributed by atoms with E-state index in [1.807, 2.05) is 31.2 Å². The van der Waals surface area contributed by atoms with Crippen LogP contribution < -0.4 is 5.32 Å². The van der Waals surface area contributed by atoms with E-state index in [1.54, 1.807) is 11.8 Å². The van der Waals surface area contributed by atoms with E-state index in [9.17, 15) is 9.59 Å². The van der Waals surface area contributed by atoms with Gasteiger partial charge in [0.2, 0.25) is 5.91 Å². The molecule has 0 radical (unpaired) electrons. The summed E-state index contributed by atoms with van der Waals surface area (Å²) in [6.45, 7) is 4.13. The SMILES string of the molecule is CCCN(CC(=O)O)C(C)C(=O)Nc1cccc(I)c1. The average Bonchev–Trinajstić information content (AvgIpc) is 2.36. The molecule has 1 aromatic carbocycles. The summed E-state index contributed by atoms with van der Waals surface area (Å²) in [4.78, 5) is 24.7. The maximum Gasteiger partial charge on any atom is 0.317 e. The normalized spacial score (nSPS) is 12.2. The topological polar surface area (TPSA) is 69.6 Å². The Morgan fingerprint density at radius 1 is 1.45 bits per heavy atom. The molecule has 1 amide bonds. The van der Waals surface area contributed by atoms with E-state index in [-0.39, 0.29) is 12.5 Å². The zero-order valence-corrected chi connectivity index (χ0v) is 13.8. The number of hydrogen-bond donors (Lipinski definition) is 2. The molecule has 110 valence electrons. The molecule has 1 atom stereocenters. The Kier molecular flexibility index (Phi) is 6.94. The van der Waals surface area contributed by atoms with Gasteiger partial charge < -0.3 is 10.4 Å². The highest BCUT2D eigenvalue weighted by atomic mass is 127. The molecule has 6 heteroatoms.